The lowest BCUT2D eigenvalue weighted by Crippen LogP contribution is -2.30. The van der Waals surface area contributed by atoms with Crippen molar-refractivity contribution in [1.29, 1.82) is 0 Å². The minimum absolute atomic E-state index is 0.0930. The number of nitrogens with one attached hydrogen (secondary N) is 1. The predicted molar refractivity (Wildman–Crippen MR) is 82.0 cm³/mol. The van der Waals surface area contributed by atoms with Gasteiger partial charge in [0.1, 0.15) is 16.4 Å². The van der Waals surface area contributed by atoms with Gasteiger partial charge in [0.15, 0.2) is 0 Å². The summed E-state index contributed by atoms with van der Waals surface area (Å²) in [5.74, 6) is -0.889. The number of aliphatic carboxylic acids is 1. The topological polar surface area (TPSA) is 106 Å². The van der Waals surface area contributed by atoms with Gasteiger partial charge in [-0.3, -0.25) is 4.79 Å². The van der Waals surface area contributed by atoms with Gasteiger partial charge in [-0.25, -0.2) is 8.42 Å². The Hall–Kier alpha value is -2.03. The molecule has 0 saturated heterocycles. The lowest BCUT2D eigenvalue weighted by atomic mass is 10.2. The number of furan rings is 1. The number of carboxylic acids is 1. The number of carbonyl (C=O) groups is 1. The molecule has 23 heavy (non-hydrogen) atoms. The summed E-state index contributed by atoms with van der Waals surface area (Å²) in [6.45, 7) is 0. The van der Waals surface area contributed by atoms with Gasteiger partial charge in [-0.2, -0.15) is 4.72 Å². The largest absolute Gasteiger partial charge is 0.495 e. The molecule has 1 aromatic carbocycles. The van der Waals surface area contributed by atoms with Gasteiger partial charge in [0, 0.05) is 5.02 Å². The van der Waals surface area contributed by atoms with E-state index in [1.807, 2.05) is 0 Å². The van der Waals surface area contributed by atoms with Gasteiger partial charge in [0.25, 0.3) is 0 Å². The van der Waals surface area contributed by atoms with Crippen molar-refractivity contribution in [3.63, 3.8) is 0 Å². The van der Waals surface area contributed by atoms with Crippen LogP contribution in [0, 0.1) is 0 Å². The van der Waals surface area contributed by atoms with Gasteiger partial charge in [-0.1, -0.05) is 11.6 Å². The van der Waals surface area contributed by atoms with Crippen LogP contribution in [-0.2, 0) is 14.8 Å². The SMILES string of the molecule is COc1ccc(Cl)cc1S(=O)(=O)NC(CC(=O)O)c1ccco1. The van der Waals surface area contributed by atoms with Crippen LogP contribution in [0.2, 0.25) is 5.02 Å². The van der Waals surface area contributed by atoms with Crippen LogP contribution in [-0.4, -0.2) is 26.6 Å². The van der Waals surface area contributed by atoms with E-state index in [4.69, 9.17) is 25.9 Å². The van der Waals surface area contributed by atoms with E-state index in [1.54, 1.807) is 6.07 Å². The second kappa shape index (κ2) is 7.03. The minimum Gasteiger partial charge on any atom is -0.495 e. The summed E-state index contributed by atoms with van der Waals surface area (Å²) >= 11 is 5.84. The van der Waals surface area contributed by atoms with E-state index in [-0.39, 0.29) is 21.4 Å². The molecule has 0 bridgehead atoms. The number of hydrogen-bond acceptors (Lipinski definition) is 5. The second-order valence-electron chi connectivity index (χ2n) is 4.58. The molecule has 1 aromatic heterocycles. The maximum absolute atomic E-state index is 12.6. The fourth-order valence-electron chi connectivity index (χ4n) is 1.98. The van der Waals surface area contributed by atoms with E-state index in [0.29, 0.717) is 0 Å². The first-order valence-electron chi connectivity index (χ1n) is 6.44. The number of hydrogen-bond donors (Lipinski definition) is 2. The standard InChI is InChI=1S/C14H14ClNO6S/c1-21-12-5-4-9(15)7-13(12)23(19,20)16-10(8-14(17)18)11-3-2-6-22-11/h2-7,10,16H,8H2,1H3,(H,17,18). The molecule has 0 amide bonds. The number of ether oxygens (including phenoxy) is 1. The number of sulfonamides is 1. The Morgan fingerprint density at radius 2 is 2.17 bits per heavy atom. The van der Waals surface area contributed by atoms with Gasteiger partial charge in [0.05, 0.1) is 25.8 Å². The quantitative estimate of drug-likeness (QED) is 0.786. The summed E-state index contributed by atoms with van der Waals surface area (Å²) in [5.41, 5.74) is 0. The smallest absolute Gasteiger partial charge is 0.305 e. The molecule has 1 unspecified atom stereocenters. The molecule has 1 atom stereocenters. The fourth-order valence-corrected chi connectivity index (χ4v) is 3.61. The third-order valence-electron chi connectivity index (χ3n) is 2.98. The molecule has 0 aliphatic heterocycles. The summed E-state index contributed by atoms with van der Waals surface area (Å²) in [4.78, 5) is 10.8. The average molecular weight is 360 g/mol. The monoisotopic (exact) mass is 359 g/mol. The van der Waals surface area contributed by atoms with Gasteiger partial charge in [-0.15, -0.1) is 0 Å². The first-order valence-corrected chi connectivity index (χ1v) is 8.30. The van der Waals surface area contributed by atoms with Gasteiger partial charge in [0.2, 0.25) is 10.0 Å². The molecule has 0 radical (unpaired) electrons. The Labute approximate surface area is 137 Å². The van der Waals surface area contributed by atoms with Crippen LogP contribution in [0.1, 0.15) is 18.2 Å². The zero-order valence-electron chi connectivity index (χ0n) is 12.0. The molecule has 0 fully saturated rings. The highest BCUT2D eigenvalue weighted by Crippen LogP contribution is 2.29. The Morgan fingerprint density at radius 3 is 2.74 bits per heavy atom. The third kappa shape index (κ3) is 4.25. The third-order valence-corrected chi connectivity index (χ3v) is 4.71. The zero-order valence-corrected chi connectivity index (χ0v) is 13.6. The zero-order chi connectivity index (χ0) is 17.0. The van der Waals surface area contributed by atoms with Crippen LogP contribution < -0.4 is 9.46 Å². The van der Waals surface area contributed by atoms with Gasteiger partial charge < -0.3 is 14.3 Å². The number of rotatable bonds is 7. The summed E-state index contributed by atoms with van der Waals surface area (Å²) in [6, 6.07) is 6.10. The van der Waals surface area contributed by atoms with Crippen LogP contribution in [0.25, 0.3) is 0 Å². The van der Waals surface area contributed by atoms with Crippen LogP contribution in [0.3, 0.4) is 0 Å². The van der Waals surface area contributed by atoms with Crippen LogP contribution in [0.4, 0.5) is 0 Å². The van der Waals surface area contributed by atoms with E-state index in [0.717, 1.165) is 0 Å². The fraction of sp³-hybridized carbons (Fsp3) is 0.214. The molecule has 1 heterocycles. The molecule has 2 aromatic rings. The first-order chi connectivity index (χ1) is 10.8. The lowest BCUT2D eigenvalue weighted by molar-refractivity contribution is -0.137. The Balaban J connectivity index is 2.38. The molecule has 7 nitrogen and oxygen atoms in total. The maximum atomic E-state index is 12.6. The van der Waals surface area contributed by atoms with Crippen molar-refractivity contribution in [3.05, 3.63) is 47.4 Å². The molecule has 0 aliphatic rings. The van der Waals surface area contributed by atoms with E-state index in [2.05, 4.69) is 4.72 Å². The first kappa shape index (κ1) is 17.3. The molecule has 0 aliphatic carbocycles. The van der Waals surface area contributed by atoms with Crippen molar-refractivity contribution in [2.24, 2.45) is 0 Å². The van der Waals surface area contributed by atoms with Crippen molar-refractivity contribution in [3.8, 4) is 5.75 Å². The normalized spacial score (nSPS) is 12.8. The summed E-state index contributed by atoms with van der Waals surface area (Å²) in [5, 5.41) is 9.18. The van der Waals surface area contributed by atoms with Crippen molar-refractivity contribution in [2.45, 2.75) is 17.4 Å². The van der Waals surface area contributed by atoms with Crippen LogP contribution >= 0.6 is 11.6 Å². The molecule has 2 rings (SSSR count). The molecule has 2 N–H and O–H groups in total. The highest BCUT2D eigenvalue weighted by atomic mass is 35.5. The van der Waals surface area contributed by atoms with Gasteiger partial charge >= 0.3 is 5.97 Å². The molecule has 124 valence electrons. The minimum atomic E-state index is -4.08. The maximum Gasteiger partial charge on any atom is 0.305 e. The Kier molecular flexibility index (Phi) is 5.30. The van der Waals surface area contributed by atoms with E-state index >= 15 is 0 Å². The highest BCUT2D eigenvalue weighted by molar-refractivity contribution is 7.89. The predicted octanol–water partition coefficient (Wildman–Crippen LogP) is 2.44. The molecule has 0 saturated carbocycles. The van der Waals surface area contributed by atoms with Gasteiger partial charge in [-0.05, 0) is 30.3 Å². The van der Waals surface area contributed by atoms with Crippen molar-refractivity contribution in [2.75, 3.05) is 7.11 Å². The Bertz CT molecular complexity index is 788. The molecular weight excluding hydrogens is 346 g/mol. The van der Waals surface area contributed by atoms with E-state index in [9.17, 15) is 13.2 Å². The summed E-state index contributed by atoms with van der Waals surface area (Å²) < 4.78 is 37.6. The van der Waals surface area contributed by atoms with Crippen molar-refractivity contribution in [1.82, 2.24) is 4.72 Å². The number of carboxylic acid groups (broad SMARTS) is 1. The number of halogens is 1. The van der Waals surface area contributed by atoms with E-state index in [1.165, 1.54) is 37.6 Å². The number of benzene rings is 1. The molecular formula is C14H14ClNO6S. The van der Waals surface area contributed by atoms with Crippen LogP contribution in [0.15, 0.2) is 45.9 Å². The van der Waals surface area contributed by atoms with Crippen LogP contribution in [0.5, 0.6) is 5.75 Å². The summed E-state index contributed by atoms with van der Waals surface area (Å²) in [7, 11) is -2.76. The van der Waals surface area contributed by atoms with Crippen molar-refractivity contribution >= 4 is 27.6 Å². The second-order valence-corrected chi connectivity index (χ2v) is 6.70. The number of methoxy groups -OCH3 is 1. The lowest BCUT2D eigenvalue weighted by Gasteiger charge is -2.16. The highest BCUT2D eigenvalue weighted by Gasteiger charge is 2.27. The molecule has 0 spiro atoms. The van der Waals surface area contributed by atoms with Crippen molar-refractivity contribution < 1.29 is 27.5 Å². The summed E-state index contributed by atoms with van der Waals surface area (Å²) in [6.07, 6.45) is 0.855. The average Bonchev–Trinajstić information content (AvgIpc) is 3.00. The Morgan fingerprint density at radius 1 is 1.43 bits per heavy atom. The molecule has 9 heteroatoms. The van der Waals surface area contributed by atoms with E-state index < -0.39 is 28.5 Å².